The van der Waals surface area contributed by atoms with Gasteiger partial charge in [-0.05, 0) is 25.0 Å². The first-order valence-corrected chi connectivity index (χ1v) is 7.30. The predicted octanol–water partition coefficient (Wildman–Crippen LogP) is 0.768. The molecule has 0 bridgehead atoms. The summed E-state index contributed by atoms with van der Waals surface area (Å²) in [6.07, 6.45) is 4.52. The molecule has 0 radical (unpaired) electrons. The number of hydrogen-bond donors (Lipinski definition) is 2. The fourth-order valence-electron chi connectivity index (χ4n) is 2.40. The van der Waals surface area contributed by atoms with Crippen molar-refractivity contribution in [1.82, 2.24) is 20.0 Å². The summed E-state index contributed by atoms with van der Waals surface area (Å²) in [4.78, 5) is 18.2. The lowest BCUT2D eigenvalue weighted by molar-refractivity contribution is -0.119. The van der Waals surface area contributed by atoms with Gasteiger partial charge >= 0.3 is 0 Å². The highest BCUT2D eigenvalue weighted by Crippen LogP contribution is 2.24. The van der Waals surface area contributed by atoms with Gasteiger partial charge in [0.25, 0.3) is 0 Å². The number of pyridine rings is 1. The van der Waals surface area contributed by atoms with Crippen molar-refractivity contribution in [2.75, 3.05) is 25.5 Å². The molecule has 6 nitrogen and oxygen atoms in total. The van der Waals surface area contributed by atoms with Crippen LogP contribution in [0.15, 0.2) is 24.4 Å². The van der Waals surface area contributed by atoms with Gasteiger partial charge in [-0.2, -0.15) is 0 Å². The Hall–Kier alpha value is -2.08. The Kier molecular flexibility index (Phi) is 3.79. The first kappa shape index (κ1) is 13.9. The minimum atomic E-state index is -0.0179. The second kappa shape index (κ2) is 5.73. The lowest BCUT2D eigenvalue weighted by atomic mass is 10.3. The molecule has 0 saturated heterocycles. The third kappa shape index (κ3) is 3.00. The van der Waals surface area contributed by atoms with E-state index in [1.54, 1.807) is 7.05 Å². The molecule has 0 atom stereocenters. The summed E-state index contributed by atoms with van der Waals surface area (Å²) in [6, 6.07) is 6.59. The Labute approximate surface area is 124 Å². The van der Waals surface area contributed by atoms with E-state index in [2.05, 4.69) is 20.0 Å². The van der Waals surface area contributed by atoms with Gasteiger partial charge in [0.2, 0.25) is 5.91 Å². The Morgan fingerprint density at radius 1 is 1.48 bits per heavy atom. The fraction of sp³-hybridized carbons (Fsp3) is 0.467. The van der Waals surface area contributed by atoms with Crippen LogP contribution in [-0.2, 0) is 11.3 Å². The highest BCUT2D eigenvalue weighted by Gasteiger charge is 2.23. The van der Waals surface area contributed by atoms with Crippen molar-refractivity contribution in [1.29, 1.82) is 0 Å². The van der Waals surface area contributed by atoms with Gasteiger partial charge in [-0.15, -0.1) is 0 Å². The maximum absolute atomic E-state index is 11.6. The van der Waals surface area contributed by atoms with Gasteiger partial charge in [0.1, 0.15) is 5.65 Å². The minimum absolute atomic E-state index is 0.0179. The standard InChI is InChI=1S/C15H21N5O/c1-16-14(21)10-19(2)15-12(9-17-11-6-7-11)20-8-4-3-5-13(20)18-15/h3-5,8,11,17H,6-7,9-10H2,1-2H3,(H,16,21). The molecule has 112 valence electrons. The number of carbonyl (C=O) groups is 1. The van der Waals surface area contributed by atoms with Crippen molar-refractivity contribution in [2.45, 2.75) is 25.4 Å². The molecule has 0 unspecified atom stereocenters. The average molecular weight is 287 g/mol. The SMILES string of the molecule is CNC(=O)CN(C)c1nc2ccccn2c1CNC1CC1. The zero-order valence-corrected chi connectivity index (χ0v) is 12.5. The van der Waals surface area contributed by atoms with E-state index in [1.807, 2.05) is 36.3 Å². The van der Waals surface area contributed by atoms with Crippen LogP contribution in [0.25, 0.3) is 5.65 Å². The molecule has 1 fully saturated rings. The van der Waals surface area contributed by atoms with Crippen LogP contribution in [0.3, 0.4) is 0 Å². The molecule has 2 aromatic rings. The summed E-state index contributed by atoms with van der Waals surface area (Å²) in [5.74, 6) is 0.841. The van der Waals surface area contributed by atoms with E-state index in [0.717, 1.165) is 23.7 Å². The van der Waals surface area contributed by atoms with Gasteiger partial charge in [0.05, 0.1) is 12.2 Å². The van der Waals surface area contributed by atoms with Crippen LogP contribution in [0.1, 0.15) is 18.5 Å². The molecule has 2 aromatic heterocycles. The van der Waals surface area contributed by atoms with Gasteiger partial charge < -0.3 is 19.9 Å². The average Bonchev–Trinajstić information content (AvgIpc) is 3.24. The highest BCUT2D eigenvalue weighted by atomic mass is 16.1. The zero-order chi connectivity index (χ0) is 14.8. The number of hydrogen-bond acceptors (Lipinski definition) is 4. The first-order chi connectivity index (χ1) is 10.2. The number of nitrogens with zero attached hydrogens (tertiary/aromatic N) is 3. The number of likely N-dealkylation sites (N-methyl/N-ethyl adjacent to an activating group) is 2. The number of anilines is 1. The lowest BCUT2D eigenvalue weighted by Gasteiger charge is -2.17. The normalized spacial score (nSPS) is 14.4. The van der Waals surface area contributed by atoms with Gasteiger partial charge in [-0.25, -0.2) is 4.98 Å². The number of fused-ring (bicyclic) bond motifs is 1. The molecule has 1 aliphatic rings. The number of rotatable bonds is 6. The van der Waals surface area contributed by atoms with E-state index in [-0.39, 0.29) is 5.91 Å². The van der Waals surface area contributed by atoms with E-state index in [0.29, 0.717) is 12.6 Å². The molecular weight excluding hydrogens is 266 g/mol. The third-order valence-corrected chi connectivity index (χ3v) is 3.76. The van der Waals surface area contributed by atoms with Gasteiger partial charge in [-0.1, -0.05) is 6.07 Å². The van der Waals surface area contributed by atoms with Crippen molar-refractivity contribution in [2.24, 2.45) is 0 Å². The Balaban J connectivity index is 1.90. The van der Waals surface area contributed by atoms with Gasteiger partial charge in [0, 0.05) is 32.9 Å². The van der Waals surface area contributed by atoms with Crippen LogP contribution in [-0.4, -0.2) is 42.0 Å². The molecule has 0 aliphatic heterocycles. The van der Waals surface area contributed by atoms with Gasteiger partial charge in [-0.3, -0.25) is 4.79 Å². The number of amides is 1. The minimum Gasteiger partial charge on any atom is -0.358 e. The molecule has 2 heterocycles. The molecule has 0 aromatic carbocycles. The topological polar surface area (TPSA) is 61.7 Å². The number of nitrogens with one attached hydrogen (secondary N) is 2. The van der Waals surface area contributed by atoms with Crippen LogP contribution in [0.5, 0.6) is 0 Å². The first-order valence-electron chi connectivity index (χ1n) is 7.30. The largest absolute Gasteiger partial charge is 0.358 e. The van der Waals surface area contributed by atoms with E-state index < -0.39 is 0 Å². The monoisotopic (exact) mass is 287 g/mol. The van der Waals surface area contributed by atoms with E-state index in [4.69, 9.17) is 0 Å². The molecule has 2 N–H and O–H groups in total. The van der Waals surface area contributed by atoms with E-state index in [9.17, 15) is 4.79 Å². The van der Waals surface area contributed by atoms with E-state index >= 15 is 0 Å². The summed E-state index contributed by atoms with van der Waals surface area (Å²) in [7, 11) is 3.55. The number of aromatic nitrogens is 2. The molecule has 6 heteroatoms. The molecule has 3 rings (SSSR count). The van der Waals surface area contributed by atoms with Crippen molar-refractivity contribution in [3.05, 3.63) is 30.1 Å². The molecule has 1 saturated carbocycles. The third-order valence-electron chi connectivity index (χ3n) is 3.76. The molecule has 1 aliphatic carbocycles. The number of carbonyl (C=O) groups excluding carboxylic acids is 1. The number of imidazole rings is 1. The van der Waals surface area contributed by atoms with Crippen LogP contribution < -0.4 is 15.5 Å². The Bertz CT molecular complexity index is 647. The Morgan fingerprint density at radius 2 is 2.29 bits per heavy atom. The van der Waals surface area contributed by atoms with Crippen molar-refractivity contribution < 1.29 is 4.79 Å². The molecule has 21 heavy (non-hydrogen) atoms. The molecule has 1 amide bonds. The van der Waals surface area contributed by atoms with Crippen molar-refractivity contribution in [3.63, 3.8) is 0 Å². The summed E-state index contributed by atoms with van der Waals surface area (Å²) in [5, 5.41) is 6.17. The maximum atomic E-state index is 11.6. The second-order valence-corrected chi connectivity index (χ2v) is 5.50. The summed E-state index contributed by atoms with van der Waals surface area (Å²) in [5.41, 5.74) is 2.01. The lowest BCUT2D eigenvalue weighted by Crippen LogP contribution is -2.34. The van der Waals surface area contributed by atoms with Crippen LogP contribution >= 0.6 is 0 Å². The fourth-order valence-corrected chi connectivity index (χ4v) is 2.40. The van der Waals surface area contributed by atoms with Crippen LogP contribution in [0.4, 0.5) is 5.82 Å². The second-order valence-electron chi connectivity index (χ2n) is 5.50. The van der Waals surface area contributed by atoms with Crippen molar-refractivity contribution >= 4 is 17.4 Å². The summed E-state index contributed by atoms with van der Waals surface area (Å²) < 4.78 is 2.09. The van der Waals surface area contributed by atoms with Crippen molar-refractivity contribution in [3.8, 4) is 0 Å². The van der Waals surface area contributed by atoms with Crippen LogP contribution in [0, 0.1) is 0 Å². The van der Waals surface area contributed by atoms with E-state index in [1.165, 1.54) is 12.8 Å². The quantitative estimate of drug-likeness (QED) is 0.824. The summed E-state index contributed by atoms with van der Waals surface area (Å²) in [6.45, 7) is 1.07. The maximum Gasteiger partial charge on any atom is 0.239 e. The predicted molar refractivity (Wildman–Crippen MR) is 82.4 cm³/mol. The summed E-state index contributed by atoms with van der Waals surface area (Å²) >= 11 is 0. The zero-order valence-electron chi connectivity index (χ0n) is 12.5. The molecule has 0 spiro atoms. The highest BCUT2D eigenvalue weighted by molar-refractivity contribution is 5.81. The smallest absolute Gasteiger partial charge is 0.239 e. The Morgan fingerprint density at radius 3 is 3.00 bits per heavy atom. The van der Waals surface area contributed by atoms with Crippen LogP contribution in [0.2, 0.25) is 0 Å². The van der Waals surface area contributed by atoms with Gasteiger partial charge in [0.15, 0.2) is 5.82 Å². The molecular formula is C15H21N5O.